The molecule has 0 bridgehead atoms. The van der Waals surface area contributed by atoms with E-state index in [1.165, 1.54) is 0 Å². The predicted octanol–water partition coefficient (Wildman–Crippen LogP) is 1.95. The lowest BCUT2D eigenvalue weighted by molar-refractivity contribution is -0.139. The van der Waals surface area contributed by atoms with Crippen molar-refractivity contribution in [3.8, 4) is 0 Å². The zero-order chi connectivity index (χ0) is 13.7. The summed E-state index contributed by atoms with van der Waals surface area (Å²) >= 11 is 0. The van der Waals surface area contributed by atoms with Gasteiger partial charge in [-0.2, -0.15) is 0 Å². The molecule has 1 aromatic carbocycles. The van der Waals surface area contributed by atoms with Gasteiger partial charge in [0.2, 0.25) is 0 Å². The van der Waals surface area contributed by atoms with Gasteiger partial charge < -0.3 is 15.5 Å². The van der Waals surface area contributed by atoms with E-state index in [9.17, 15) is 15.0 Å². The van der Waals surface area contributed by atoms with Crippen molar-refractivity contribution >= 4 is 5.97 Å². The largest absolute Gasteiger partial charge is 0.480 e. The highest BCUT2D eigenvalue weighted by Crippen LogP contribution is 2.37. The molecule has 1 aliphatic rings. The second-order valence-corrected chi connectivity index (χ2v) is 5.43. The Bertz CT molecular complexity index is 413. The minimum Gasteiger partial charge on any atom is -0.480 e. The van der Waals surface area contributed by atoms with Gasteiger partial charge in [-0.25, -0.2) is 0 Å². The molecule has 3 N–H and O–H groups in total. The van der Waals surface area contributed by atoms with Crippen molar-refractivity contribution in [1.29, 1.82) is 0 Å². The molecule has 1 saturated carbocycles. The number of carboxylic acid groups (broad SMARTS) is 1. The maximum atomic E-state index is 11.4. The number of aliphatic hydroxyl groups excluding tert-OH is 1. The lowest BCUT2D eigenvalue weighted by atomic mass is 9.86. The Hall–Kier alpha value is -1.39. The summed E-state index contributed by atoms with van der Waals surface area (Å²) in [4.78, 5) is 11.4. The summed E-state index contributed by atoms with van der Waals surface area (Å²) < 4.78 is 0. The van der Waals surface area contributed by atoms with Crippen LogP contribution in [0.1, 0.15) is 37.3 Å². The van der Waals surface area contributed by atoms with Gasteiger partial charge in [-0.15, -0.1) is 0 Å². The average molecular weight is 263 g/mol. The first-order chi connectivity index (χ1) is 9.17. The van der Waals surface area contributed by atoms with Crippen LogP contribution >= 0.6 is 0 Å². The molecule has 0 saturated heterocycles. The monoisotopic (exact) mass is 263 g/mol. The van der Waals surface area contributed by atoms with E-state index in [2.05, 4.69) is 5.32 Å². The zero-order valence-electron chi connectivity index (χ0n) is 11.0. The number of nitrogens with one attached hydrogen (secondary N) is 1. The molecule has 0 amide bonds. The minimum atomic E-state index is -0.878. The van der Waals surface area contributed by atoms with Crippen LogP contribution in [0.4, 0.5) is 0 Å². The molecular weight excluding hydrogens is 242 g/mol. The van der Waals surface area contributed by atoms with Crippen molar-refractivity contribution in [1.82, 2.24) is 5.32 Å². The van der Waals surface area contributed by atoms with Crippen LogP contribution in [0.25, 0.3) is 0 Å². The van der Waals surface area contributed by atoms with Gasteiger partial charge in [-0.1, -0.05) is 43.2 Å². The summed E-state index contributed by atoms with van der Waals surface area (Å²) in [5.41, 5.74) is 0.615. The zero-order valence-corrected chi connectivity index (χ0v) is 11.0. The normalized spacial score (nSPS) is 19.2. The molecule has 1 aliphatic carbocycles. The van der Waals surface area contributed by atoms with Crippen molar-refractivity contribution < 1.29 is 15.0 Å². The Kier molecular flexibility index (Phi) is 4.56. The molecule has 1 atom stereocenters. The fourth-order valence-electron chi connectivity index (χ4n) is 2.83. The van der Waals surface area contributed by atoms with E-state index in [0.717, 1.165) is 31.2 Å². The van der Waals surface area contributed by atoms with E-state index >= 15 is 0 Å². The van der Waals surface area contributed by atoms with Crippen LogP contribution in [-0.2, 0) is 4.79 Å². The van der Waals surface area contributed by atoms with Crippen LogP contribution < -0.4 is 5.32 Å². The summed E-state index contributed by atoms with van der Waals surface area (Å²) in [6.07, 6.45) is 4.17. The van der Waals surface area contributed by atoms with Gasteiger partial charge in [0.15, 0.2) is 0 Å². The molecule has 0 heterocycles. The third kappa shape index (κ3) is 3.33. The van der Waals surface area contributed by atoms with Gasteiger partial charge in [-0.05, 0) is 18.4 Å². The number of hydrogen-bond donors (Lipinski definition) is 3. The van der Waals surface area contributed by atoms with Gasteiger partial charge in [0.1, 0.15) is 6.04 Å². The van der Waals surface area contributed by atoms with Crippen LogP contribution in [-0.4, -0.2) is 29.3 Å². The number of aliphatic hydroxyl groups is 1. The number of carbonyl (C=O) groups is 1. The Morgan fingerprint density at radius 2 is 1.89 bits per heavy atom. The fourth-order valence-corrected chi connectivity index (χ4v) is 2.83. The quantitative estimate of drug-likeness (QED) is 0.733. The average Bonchev–Trinajstić information content (AvgIpc) is 2.89. The molecule has 0 spiro atoms. The summed E-state index contributed by atoms with van der Waals surface area (Å²) in [6.45, 7) is 0.677. The maximum Gasteiger partial charge on any atom is 0.325 e. The van der Waals surface area contributed by atoms with Gasteiger partial charge in [0, 0.05) is 18.6 Å². The highest BCUT2D eigenvalue weighted by atomic mass is 16.4. The molecule has 0 aromatic heterocycles. The van der Waals surface area contributed by atoms with Crippen molar-refractivity contribution in [2.45, 2.75) is 31.7 Å². The third-order valence-electron chi connectivity index (χ3n) is 4.06. The van der Waals surface area contributed by atoms with E-state index in [1.807, 2.05) is 30.3 Å². The molecule has 2 rings (SSSR count). The third-order valence-corrected chi connectivity index (χ3v) is 4.06. The van der Waals surface area contributed by atoms with Crippen molar-refractivity contribution in [2.75, 3.05) is 13.2 Å². The Balaban J connectivity index is 2.04. The summed E-state index contributed by atoms with van der Waals surface area (Å²) in [5.74, 6) is -0.878. The SMILES string of the molecule is O=C(O)C(NCC1(CO)CCCC1)c1ccccc1. The second kappa shape index (κ2) is 6.17. The molecular formula is C15H21NO3. The van der Waals surface area contributed by atoms with Crippen molar-refractivity contribution in [3.05, 3.63) is 35.9 Å². The molecule has 1 aromatic rings. The summed E-state index contributed by atoms with van der Waals surface area (Å²) in [7, 11) is 0. The van der Waals surface area contributed by atoms with E-state index in [1.54, 1.807) is 0 Å². The highest BCUT2D eigenvalue weighted by molar-refractivity contribution is 5.75. The number of carboxylic acids is 1. The summed E-state index contributed by atoms with van der Waals surface area (Å²) in [6, 6.07) is 8.46. The van der Waals surface area contributed by atoms with Crippen molar-refractivity contribution in [3.63, 3.8) is 0 Å². The maximum absolute atomic E-state index is 11.4. The van der Waals surface area contributed by atoms with E-state index in [0.29, 0.717) is 6.54 Å². The number of benzene rings is 1. The predicted molar refractivity (Wildman–Crippen MR) is 72.8 cm³/mol. The van der Waals surface area contributed by atoms with Gasteiger partial charge in [0.05, 0.1) is 0 Å². The first-order valence-corrected chi connectivity index (χ1v) is 6.79. The molecule has 0 radical (unpaired) electrons. The van der Waals surface area contributed by atoms with Gasteiger partial charge in [-0.3, -0.25) is 4.79 Å². The van der Waals surface area contributed by atoms with Crippen LogP contribution in [0.5, 0.6) is 0 Å². The number of hydrogen-bond acceptors (Lipinski definition) is 3. The lowest BCUT2D eigenvalue weighted by Gasteiger charge is -2.28. The number of aliphatic carboxylic acids is 1. The highest BCUT2D eigenvalue weighted by Gasteiger charge is 2.34. The number of rotatable bonds is 6. The summed E-state index contributed by atoms with van der Waals surface area (Å²) in [5, 5.41) is 22.0. The standard InChI is InChI=1S/C15H21NO3/c17-11-15(8-4-5-9-15)10-16-13(14(18)19)12-6-2-1-3-7-12/h1-3,6-7,13,16-17H,4-5,8-11H2,(H,18,19). The fraction of sp³-hybridized carbons (Fsp3) is 0.533. The van der Waals surface area contributed by atoms with Crippen LogP contribution in [0.15, 0.2) is 30.3 Å². The van der Waals surface area contributed by atoms with Crippen molar-refractivity contribution in [2.24, 2.45) is 5.41 Å². The van der Waals surface area contributed by atoms with E-state index < -0.39 is 12.0 Å². The van der Waals surface area contributed by atoms with E-state index in [-0.39, 0.29) is 12.0 Å². The first-order valence-electron chi connectivity index (χ1n) is 6.79. The van der Waals surface area contributed by atoms with Crippen LogP contribution in [0.3, 0.4) is 0 Å². The molecule has 104 valence electrons. The van der Waals surface area contributed by atoms with Gasteiger partial charge >= 0.3 is 5.97 Å². The van der Waals surface area contributed by atoms with Gasteiger partial charge in [0.25, 0.3) is 0 Å². The molecule has 4 heteroatoms. The first kappa shape index (κ1) is 14.0. The molecule has 0 aliphatic heterocycles. The second-order valence-electron chi connectivity index (χ2n) is 5.43. The van der Waals surface area contributed by atoms with Crippen LogP contribution in [0, 0.1) is 5.41 Å². The smallest absolute Gasteiger partial charge is 0.325 e. The minimum absolute atomic E-state index is 0.126. The lowest BCUT2D eigenvalue weighted by Crippen LogP contribution is -2.39. The molecule has 1 fully saturated rings. The Morgan fingerprint density at radius 1 is 1.26 bits per heavy atom. The Labute approximate surface area is 113 Å². The topological polar surface area (TPSA) is 69.6 Å². The molecule has 4 nitrogen and oxygen atoms in total. The van der Waals surface area contributed by atoms with E-state index in [4.69, 9.17) is 0 Å². The molecule has 1 unspecified atom stereocenters. The molecule has 19 heavy (non-hydrogen) atoms. The van der Waals surface area contributed by atoms with Crippen LogP contribution in [0.2, 0.25) is 0 Å². The Morgan fingerprint density at radius 3 is 2.42 bits per heavy atom.